The van der Waals surface area contributed by atoms with Gasteiger partial charge >= 0.3 is 0 Å². The summed E-state index contributed by atoms with van der Waals surface area (Å²) in [6, 6.07) is 14.0. The van der Waals surface area contributed by atoms with Gasteiger partial charge < -0.3 is 10.1 Å². The number of carbonyl (C=O) groups excluding carboxylic acids is 1. The van der Waals surface area contributed by atoms with E-state index < -0.39 is 0 Å². The third-order valence-electron chi connectivity index (χ3n) is 4.19. The number of carbonyl (C=O) groups is 1. The molecule has 0 aromatic heterocycles. The monoisotopic (exact) mass is 373 g/mol. The van der Waals surface area contributed by atoms with Gasteiger partial charge in [0.25, 0.3) is 5.91 Å². The molecule has 1 amide bonds. The maximum absolute atomic E-state index is 12.1. The Morgan fingerprint density at radius 1 is 1.17 bits per heavy atom. The van der Waals surface area contributed by atoms with E-state index in [0.717, 1.165) is 28.6 Å². The third kappa shape index (κ3) is 4.14. The first kappa shape index (κ1) is 16.1. The van der Waals surface area contributed by atoms with Gasteiger partial charge in [0.1, 0.15) is 5.75 Å². The predicted octanol–water partition coefficient (Wildman–Crippen LogP) is 4.19. The van der Waals surface area contributed by atoms with Crippen molar-refractivity contribution >= 4 is 21.8 Å². The lowest BCUT2D eigenvalue weighted by atomic mass is 10.1. The number of halogens is 1. The number of benzene rings is 2. The number of hydrogen-bond acceptors (Lipinski definition) is 2. The van der Waals surface area contributed by atoms with Gasteiger partial charge in [-0.05, 0) is 67.1 Å². The van der Waals surface area contributed by atoms with E-state index in [2.05, 4.69) is 33.4 Å². The number of rotatable bonds is 5. The number of aryl methyl sites for hydroxylation is 2. The third-order valence-corrected chi connectivity index (χ3v) is 4.72. The number of nitrogens with one attached hydrogen (secondary N) is 1. The van der Waals surface area contributed by atoms with Crippen molar-refractivity contribution in [1.29, 1.82) is 0 Å². The zero-order chi connectivity index (χ0) is 16.2. The molecular formula is C19H20BrNO2. The molecule has 1 unspecified atom stereocenters. The van der Waals surface area contributed by atoms with Crippen molar-refractivity contribution in [3.8, 4) is 5.75 Å². The lowest BCUT2D eigenvalue weighted by Crippen LogP contribution is -2.31. The van der Waals surface area contributed by atoms with E-state index in [9.17, 15) is 4.79 Å². The van der Waals surface area contributed by atoms with Gasteiger partial charge in [-0.15, -0.1) is 0 Å². The molecule has 3 rings (SSSR count). The van der Waals surface area contributed by atoms with Gasteiger partial charge in [-0.1, -0.05) is 34.1 Å². The minimum atomic E-state index is -0.110. The first-order valence-electron chi connectivity index (χ1n) is 7.91. The predicted molar refractivity (Wildman–Crippen MR) is 94.7 cm³/mol. The van der Waals surface area contributed by atoms with Gasteiger partial charge in [0.05, 0.1) is 6.04 Å². The molecule has 0 saturated carbocycles. The van der Waals surface area contributed by atoms with Crippen LogP contribution in [0.25, 0.3) is 0 Å². The number of amides is 1. The Balaban J connectivity index is 1.52. The van der Waals surface area contributed by atoms with Crippen LogP contribution in [0.3, 0.4) is 0 Å². The van der Waals surface area contributed by atoms with Crippen LogP contribution < -0.4 is 10.1 Å². The minimum Gasteiger partial charge on any atom is -0.484 e. The van der Waals surface area contributed by atoms with Crippen LogP contribution in [0.15, 0.2) is 46.9 Å². The van der Waals surface area contributed by atoms with Gasteiger partial charge in [-0.25, -0.2) is 0 Å². The second-order valence-corrected chi connectivity index (χ2v) is 6.83. The highest BCUT2D eigenvalue weighted by atomic mass is 79.9. The summed E-state index contributed by atoms with van der Waals surface area (Å²) in [4.78, 5) is 12.1. The second kappa shape index (κ2) is 7.18. The van der Waals surface area contributed by atoms with E-state index in [4.69, 9.17) is 4.74 Å². The standard InChI is InChI=1S/C19H20BrNO2/c1-13(14-5-8-17(20)9-6-14)21-19(22)12-23-18-10-7-15-3-2-4-16(15)11-18/h5-11,13H,2-4,12H2,1H3,(H,21,22). The molecule has 1 N–H and O–H groups in total. The van der Waals surface area contributed by atoms with Crippen molar-refractivity contribution in [1.82, 2.24) is 5.32 Å². The first-order valence-corrected chi connectivity index (χ1v) is 8.70. The van der Waals surface area contributed by atoms with Gasteiger partial charge in [0, 0.05) is 4.47 Å². The fourth-order valence-corrected chi connectivity index (χ4v) is 3.17. The summed E-state index contributed by atoms with van der Waals surface area (Å²) >= 11 is 3.41. The lowest BCUT2D eigenvalue weighted by molar-refractivity contribution is -0.123. The number of ether oxygens (including phenoxy) is 1. The van der Waals surface area contributed by atoms with Crippen molar-refractivity contribution in [3.63, 3.8) is 0 Å². The molecule has 1 aliphatic carbocycles. The molecule has 4 heteroatoms. The molecule has 0 radical (unpaired) electrons. The zero-order valence-corrected chi connectivity index (χ0v) is 14.7. The highest BCUT2D eigenvalue weighted by molar-refractivity contribution is 9.10. The molecule has 2 aromatic rings. The van der Waals surface area contributed by atoms with Crippen LogP contribution in [0, 0.1) is 0 Å². The van der Waals surface area contributed by atoms with Crippen molar-refractivity contribution in [2.75, 3.05) is 6.61 Å². The van der Waals surface area contributed by atoms with Gasteiger partial charge in [-0.2, -0.15) is 0 Å². The van der Waals surface area contributed by atoms with Crippen molar-refractivity contribution in [3.05, 3.63) is 63.6 Å². The van der Waals surface area contributed by atoms with Crippen LogP contribution >= 0.6 is 15.9 Å². The van der Waals surface area contributed by atoms with E-state index >= 15 is 0 Å². The number of hydrogen-bond donors (Lipinski definition) is 1. The summed E-state index contributed by atoms with van der Waals surface area (Å²) in [7, 11) is 0. The van der Waals surface area contributed by atoms with Gasteiger partial charge in [0.15, 0.2) is 6.61 Å². The quantitative estimate of drug-likeness (QED) is 0.852. The Morgan fingerprint density at radius 2 is 1.91 bits per heavy atom. The molecule has 120 valence electrons. The summed E-state index contributed by atoms with van der Waals surface area (Å²) in [6.07, 6.45) is 3.48. The molecule has 0 fully saturated rings. The van der Waals surface area contributed by atoms with Crippen molar-refractivity contribution < 1.29 is 9.53 Å². The molecule has 0 spiro atoms. The van der Waals surface area contributed by atoms with Gasteiger partial charge in [-0.3, -0.25) is 4.79 Å². The van der Waals surface area contributed by atoms with Crippen LogP contribution in [-0.2, 0) is 17.6 Å². The SMILES string of the molecule is CC(NC(=O)COc1ccc2c(c1)CCC2)c1ccc(Br)cc1. The smallest absolute Gasteiger partial charge is 0.258 e. The average Bonchev–Trinajstić information content (AvgIpc) is 3.01. The molecule has 0 aliphatic heterocycles. The average molecular weight is 374 g/mol. The van der Waals surface area contributed by atoms with Crippen molar-refractivity contribution in [2.45, 2.75) is 32.2 Å². The van der Waals surface area contributed by atoms with Crippen LogP contribution in [0.2, 0.25) is 0 Å². The molecule has 3 nitrogen and oxygen atoms in total. The Labute approximate surface area is 145 Å². The summed E-state index contributed by atoms with van der Waals surface area (Å²) < 4.78 is 6.66. The summed E-state index contributed by atoms with van der Waals surface area (Å²) in [5, 5.41) is 2.96. The van der Waals surface area contributed by atoms with Crippen LogP contribution in [0.5, 0.6) is 5.75 Å². The van der Waals surface area contributed by atoms with E-state index in [1.165, 1.54) is 17.5 Å². The Morgan fingerprint density at radius 3 is 2.70 bits per heavy atom. The largest absolute Gasteiger partial charge is 0.484 e. The van der Waals surface area contributed by atoms with Gasteiger partial charge in [0.2, 0.25) is 0 Å². The molecule has 0 heterocycles. The van der Waals surface area contributed by atoms with Crippen LogP contribution in [0.1, 0.15) is 36.1 Å². The first-order chi connectivity index (χ1) is 11.1. The summed E-state index contributed by atoms with van der Waals surface area (Å²) in [5.74, 6) is 0.665. The molecule has 23 heavy (non-hydrogen) atoms. The van der Waals surface area contributed by atoms with E-state index in [-0.39, 0.29) is 18.6 Å². The maximum atomic E-state index is 12.1. The highest BCUT2D eigenvalue weighted by Gasteiger charge is 2.13. The summed E-state index contributed by atoms with van der Waals surface area (Å²) in [5.41, 5.74) is 3.83. The molecule has 1 atom stereocenters. The molecule has 0 bridgehead atoms. The fraction of sp³-hybridized carbons (Fsp3) is 0.316. The minimum absolute atomic E-state index is 0.0413. The fourth-order valence-electron chi connectivity index (χ4n) is 2.90. The van der Waals surface area contributed by atoms with E-state index in [1.54, 1.807) is 0 Å². The van der Waals surface area contributed by atoms with E-state index in [1.807, 2.05) is 37.3 Å². The zero-order valence-electron chi connectivity index (χ0n) is 13.1. The molecule has 1 aliphatic rings. The van der Waals surface area contributed by atoms with E-state index in [0.29, 0.717) is 0 Å². The lowest BCUT2D eigenvalue weighted by Gasteiger charge is -2.15. The normalized spacial score (nSPS) is 14.2. The maximum Gasteiger partial charge on any atom is 0.258 e. The van der Waals surface area contributed by atoms with Crippen molar-refractivity contribution in [2.24, 2.45) is 0 Å². The van der Waals surface area contributed by atoms with Crippen LogP contribution in [-0.4, -0.2) is 12.5 Å². The topological polar surface area (TPSA) is 38.3 Å². The second-order valence-electron chi connectivity index (χ2n) is 5.91. The molecule has 0 saturated heterocycles. The Hall–Kier alpha value is -1.81. The Bertz CT molecular complexity index is 697. The molecule has 2 aromatic carbocycles. The molecular weight excluding hydrogens is 354 g/mol. The highest BCUT2D eigenvalue weighted by Crippen LogP contribution is 2.26. The van der Waals surface area contributed by atoms with Crippen LogP contribution in [0.4, 0.5) is 0 Å². The number of fused-ring (bicyclic) bond motifs is 1. The Kier molecular flexibility index (Phi) is 5.01. The summed E-state index contributed by atoms with van der Waals surface area (Å²) in [6.45, 7) is 2.01.